The molecule has 0 aliphatic carbocycles. The molecule has 1 rings (SSSR count). The van der Waals surface area contributed by atoms with Crippen molar-refractivity contribution in [2.24, 2.45) is 5.73 Å². The minimum absolute atomic E-state index is 0.0293. The summed E-state index contributed by atoms with van der Waals surface area (Å²) in [6.07, 6.45) is 7.68. The van der Waals surface area contributed by atoms with Crippen LogP contribution in [0.2, 0.25) is 0 Å². The first-order chi connectivity index (χ1) is 7.33. The summed E-state index contributed by atoms with van der Waals surface area (Å²) < 4.78 is 0. The lowest BCUT2D eigenvalue weighted by Crippen LogP contribution is -2.16. The van der Waals surface area contributed by atoms with Crippen molar-refractivity contribution >= 4 is 0 Å². The Labute approximate surface area is 91.9 Å². The van der Waals surface area contributed by atoms with E-state index in [2.05, 4.69) is 23.7 Å². The van der Waals surface area contributed by atoms with Crippen molar-refractivity contribution in [2.45, 2.75) is 38.6 Å². The molecule has 1 unspecified atom stereocenters. The van der Waals surface area contributed by atoms with Gasteiger partial charge in [-0.25, -0.2) is 0 Å². The average molecular weight is 202 g/mol. The van der Waals surface area contributed by atoms with Crippen molar-refractivity contribution in [2.75, 3.05) is 0 Å². The van der Waals surface area contributed by atoms with Crippen LogP contribution in [0.4, 0.5) is 0 Å². The summed E-state index contributed by atoms with van der Waals surface area (Å²) in [7, 11) is 0. The molecule has 2 heteroatoms. The molecular weight excluding hydrogens is 184 g/mol. The van der Waals surface area contributed by atoms with Crippen LogP contribution < -0.4 is 5.73 Å². The molecule has 2 N–H and O–H groups in total. The Balaban J connectivity index is 2.33. The van der Waals surface area contributed by atoms with Crippen LogP contribution in [0, 0.1) is 11.8 Å². The molecule has 0 radical (unpaired) electrons. The smallest absolute Gasteiger partial charge is 0.0664 e. The van der Waals surface area contributed by atoms with E-state index >= 15 is 0 Å². The quantitative estimate of drug-likeness (QED) is 0.760. The number of nitrogens with two attached hydrogens (primary N) is 1. The number of unbranched alkanes of at least 4 members (excludes halogenated alkanes) is 1. The topological polar surface area (TPSA) is 38.9 Å². The standard InChI is InChI=1S/C13H18N2/c1-2-3-8-13(14)9-4-6-12-7-5-10-15-11-12/h5,7,10-11,13H,2-3,6,8,14H2,1H3. The van der Waals surface area contributed by atoms with Crippen LogP contribution in [0.3, 0.4) is 0 Å². The highest BCUT2D eigenvalue weighted by molar-refractivity contribution is 5.18. The minimum atomic E-state index is 0.0293. The second kappa shape index (κ2) is 7.03. The van der Waals surface area contributed by atoms with E-state index in [4.69, 9.17) is 5.73 Å². The van der Waals surface area contributed by atoms with Gasteiger partial charge < -0.3 is 5.73 Å². The maximum atomic E-state index is 5.83. The fourth-order valence-corrected chi connectivity index (χ4v) is 1.28. The van der Waals surface area contributed by atoms with Gasteiger partial charge in [0.05, 0.1) is 6.04 Å². The SMILES string of the molecule is CCCCC(N)C#CCc1cccnc1. The maximum Gasteiger partial charge on any atom is 0.0664 e. The van der Waals surface area contributed by atoms with Crippen LogP contribution in [-0.2, 0) is 6.42 Å². The molecule has 2 nitrogen and oxygen atoms in total. The van der Waals surface area contributed by atoms with Gasteiger partial charge in [-0.15, -0.1) is 0 Å². The van der Waals surface area contributed by atoms with Gasteiger partial charge in [0.25, 0.3) is 0 Å². The zero-order valence-electron chi connectivity index (χ0n) is 9.24. The van der Waals surface area contributed by atoms with Gasteiger partial charge >= 0.3 is 0 Å². The Kier molecular flexibility index (Phi) is 5.50. The van der Waals surface area contributed by atoms with Gasteiger partial charge in [-0.05, 0) is 18.1 Å². The molecule has 0 aliphatic heterocycles. The third-order valence-electron chi connectivity index (χ3n) is 2.17. The monoisotopic (exact) mass is 202 g/mol. The second-order valence-corrected chi connectivity index (χ2v) is 3.61. The van der Waals surface area contributed by atoms with Crippen LogP contribution in [0.5, 0.6) is 0 Å². The summed E-state index contributed by atoms with van der Waals surface area (Å²) in [5, 5.41) is 0. The normalized spacial score (nSPS) is 11.6. The van der Waals surface area contributed by atoms with Crippen molar-refractivity contribution in [3.8, 4) is 11.8 Å². The molecule has 0 aliphatic rings. The average Bonchev–Trinajstić information content (AvgIpc) is 2.28. The fourth-order valence-electron chi connectivity index (χ4n) is 1.28. The summed E-state index contributed by atoms with van der Waals surface area (Å²) in [5.41, 5.74) is 6.98. The van der Waals surface area contributed by atoms with E-state index in [1.807, 2.05) is 18.3 Å². The molecule has 0 saturated carbocycles. The van der Waals surface area contributed by atoms with E-state index in [0.29, 0.717) is 0 Å². The highest BCUT2D eigenvalue weighted by Crippen LogP contribution is 1.98. The zero-order chi connectivity index (χ0) is 10.9. The van der Waals surface area contributed by atoms with Crippen molar-refractivity contribution in [1.82, 2.24) is 4.98 Å². The molecule has 80 valence electrons. The lowest BCUT2D eigenvalue weighted by atomic mass is 10.1. The molecule has 1 atom stereocenters. The molecule has 1 aromatic heterocycles. The van der Waals surface area contributed by atoms with E-state index < -0.39 is 0 Å². The Morgan fingerprint density at radius 2 is 2.40 bits per heavy atom. The first-order valence-electron chi connectivity index (χ1n) is 5.45. The molecule has 1 aromatic rings. The van der Waals surface area contributed by atoms with E-state index in [1.54, 1.807) is 6.20 Å². The number of rotatable bonds is 4. The highest BCUT2D eigenvalue weighted by atomic mass is 14.6. The summed E-state index contributed by atoms with van der Waals surface area (Å²) in [5.74, 6) is 6.16. The summed E-state index contributed by atoms with van der Waals surface area (Å²) in [6, 6.07) is 3.98. The molecule has 0 saturated heterocycles. The molecule has 0 aromatic carbocycles. The van der Waals surface area contributed by atoms with Crippen molar-refractivity contribution in [3.05, 3.63) is 30.1 Å². The number of nitrogens with zero attached hydrogens (tertiary/aromatic N) is 1. The minimum Gasteiger partial charge on any atom is -0.318 e. The lowest BCUT2D eigenvalue weighted by molar-refractivity contribution is 0.667. The van der Waals surface area contributed by atoms with Crippen LogP contribution in [-0.4, -0.2) is 11.0 Å². The molecule has 0 fully saturated rings. The number of hydrogen-bond acceptors (Lipinski definition) is 2. The predicted octanol–water partition coefficient (Wildman–Crippen LogP) is 2.15. The van der Waals surface area contributed by atoms with Crippen LogP contribution >= 0.6 is 0 Å². The first-order valence-corrected chi connectivity index (χ1v) is 5.45. The van der Waals surface area contributed by atoms with Crippen LogP contribution in [0.25, 0.3) is 0 Å². The van der Waals surface area contributed by atoms with Gasteiger partial charge in [0.15, 0.2) is 0 Å². The largest absolute Gasteiger partial charge is 0.318 e. The zero-order valence-corrected chi connectivity index (χ0v) is 9.24. The van der Waals surface area contributed by atoms with Gasteiger partial charge in [0, 0.05) is 18.8 Å². The van der Waals surface area contributed by atoms with Crippen LogP contribution in [0.15, 0.2) is 24.5 Å². The van der Waals surface area contributed by atoms with Crippen molar-refractivity contribution in [1.29, 1.82) is 0 Å². The van der Waals surface area contributed by atoms with Crippen molar-refractivity contribution < 1.29 is 0 Å². The van der Waals surface area contributed by atoms with E-state index in [-0.39, 0.29) is 6.04 Å². The molecular formula is C13H18N2. The van der Waals surface area contributed by atoms with E-state index in [1.165, 1.54) is 6.42 Å². The highest BCUT2D eigenvalue weighted by Gasteiger charge is 1.94. The third-order valence-corrected chi connectivity index (χ3v) is 2.17. The second-order valence-electron chi connectivity index (χ2n) is 3.61. The molecule has 0 bridgehead atoms. The lowest BCUT2D eigenvalue weighted by Gasteiger charge is -2.00. The molecule has 0 amide bonds. The molecule has 1 heterocycles. The van der Waals surface area contributed by atoms with E-state index in [0.717, 1.165) is 24.8 Å². The Hall–Kier alpha value is -1.33. The number of pyridine rings is 1. The summed E-state index contributed by atoms with van der Waals surface area (Å²) in [4.78, 5) is 4.03. The van der Waals surface area contributed by atoms with E-state index in [9.17, 15) is 0 Å². The van der Waals surface area contributed by atoms with Crippen LogP contribution in [0.1, 0.15) is 31.7 Å². The van der Waals surface area contributed by atoms with Gasteiger partial charge in [0.2, 0.25) is 0 Å². The van der Waals surface area contributed by atoms with Gasteiger partial charge in [0.1, 0.15) is 0 Å². The summed E-state index contributed by atoms with van der Waals surface area (Å²) >= 11 is 0. The molecule has 15 heavy (non-hydrogen) atoms. The predicted molar refractivity (Wildman–Crippen MR) is 63.2 cm³/mol. The third kappa shape index (κ3) is 5.19. The molecule has 0 spiro atoms. The van der Waals surface area contributed by atoms with Gasteiger partial charge in [-0.1, -0.05) is 37.7 Å². The Morgan fingerprint density at radius 1 is 1.53 bits per heavy atom. The number of hydrogen-bond donors (Lipinski definition) is 1. The summed E-state index contributed by atoms with van der Waals surface area (Å²) in [6.45, 7) is 2.16. The maximum absolute atomic E-state index is 5.83. The fraction of sp³-hybridized carbons (Fsp3) is 0.462. The van der Waals surface area contributed by atoms with Gasteiger partial charge in [-0.3, -0.25) is 4.98 Å². The van der Waals surface area contributed by atoms with Gasteiger partial charge in [-0.2, -0.15) is 0 Å². The van der Waals surface area contributed by atoms with Crippen molar-refractivity contribution in [3.63, 3.8) is 0 Å². The number of aromatic nitrogens is 1. The Morgan fingerprint density at radius 3 is 3.07 bits per heavy atom. The Bertz CT molecular complexity index is 321. The first kappa shape index (κ1) is 11.7.